The first-order chi connectivity index (χ1) is 11.0. The third kappa shape index (κ3) is 3.92. The molecule has 3 rings (SSSR count). The van der Waals surface area contributed by atoms with E-state index in [1.54, 1.807) is 35.9 Å². The lowest BCUT2D eigenvalue weighted by Crippen LogP contribution is -2.11. The van der Waals surface area contributed by atoms with Crippen molar-refractivity contribution >= 4 is 27.2 Å². The quantitative estimate of drug-likeness (QED) is 0.739. The SMILES string of the molecule is NS(=O)(=O)c1ccc(-c2cncc(NCc3cccs3)n2)cc1. The van der Waals surface area contributed by atoms with Crippen molar-refractivity contribution in [1.29, 1.82) is 0 Å². The van der Waals surface area contributed by atoms with Crippen LogP contribution in [-0.4, -0.2) is 18.4 Å². The van der Waals surface area contributed by atoms with Crippen molar-refractivity contribution in [3.8, 4) is 11.3 Å². The van der Waals surface area contributed by atoms with Gasteiger partial charge in [0.05, 0.1) is 29.5 Å². The van der Waals surface area contributed by atoms with Crippen LogP contribution in [0.1, 0.15) is 4.88 Å². The second-order valence-corrected chi connectivity index (χ2v) is 7.39. The van der Waals surface area contributed by atoms with Crippen LogP contribution in [0.15, 0.2) is 59.1 Å². The lowest BCUT2D eigenvalue weighted by molar-refractivity contribution is 0.598. The summed E-state index contributed by atoms with van der Waals surface area (Å²) in [5.74, 6) is 0.659. The Kier molecular flexibility index (Phi) is 4.37. The van der Waals surface area contributed by atoms with Crippen LogP contribution in [0, 0.1) is 0 Å². The fourth-order valence-electron chi connectivity index (χ4n) is 2.00. The zero-order valence-electron chi connectivity index (χ0n) is 12.0. The van der Waals surface area contributed by atoms with Gasteiger partial charge in [0.25, 0.3) is 0 Å². The number of nitrogens with two attached hydrogens (primary N) is 1. The number of anilines is 1. The number of aromatic nitrogens is 2. The van der Waals surface area contributed by atoms with Gasteiger partial charge in [0, 0.05) is 10.4 Å². The zero-order valence-corrected chi connectivity index (χ0v) is 13.6. The van der Waals surface area contributed by atoms with Crippen molar-refractivity contribution in [2.24, 2.45) is 5.14 Å². The van der Waals surface area contributed by atoms with Crippen molar-refractivity contribution in [2.75, 3.05) is 5.32 Å². The van der Waals surface area contributed by atoms with Gasteiger partial charge in [-0.3, -0.25) is 4.98 Å². The monoisotopic (exact) mass is 346 g/mol. The van der Waals surface area contributed by atoms with Crippen molar-refractivity contribution in [1.82, 2.24) is 9.97 Å². The van der Waals surface area contributed by atoms with Crippen LogP contribution in [0.25, 0.3) is 11.3 Å². The number of thiophene rings is 1. The van der Waals surface area contributed by atoms with E-state index in [0.717, 1.165) is 5.56 Å². The lowest BCUT2D eigenvalue weighted by Gasteiger charge is -2.06. The van der Waals surface area contributed by atoms with Gasteiger partial charge in [-0.25, -0.2) is 18.5 Å². The Morgan fingerprint density at radius 2 is 1.91 bits per heavy atom. The van der Waals surface area contributed by atoms with Crippen LogP contribution in [-0.2, 0) is 16.6 Å². The Labute approximate surface area is 138 Å². The van der Waals surface area contributed by atoms with Crippen molar-refractivity contribution < 1.29 is 8.42 Å². The number of rotatable bonds is 5. The molecular formula is C15H14N4O2S2. The topological polar surface area (TPSA) is 98.0 Å². The van der Waals surface area contributed by atoms with Crippen LogP contribution in [0.2, 0.25) is 0 Å². The molecule has 0 amide bonds. The zero-order chi connectivity index (χ0) is 16.3. The summed E-state index contributed by atoms with van der Waals surface area (Å²) < 4.78 is 22.5. The van der Waals surface area contributed by atoms with Gasteiger partial charge < -0.3 is 5.32 Å². The maximum Gasteiger partial charge on any atom is 0.238 e. The Bertz CT molecular complexity index is 891. The first-order valence-electron chi connectivity index (χ1n) is 6.74. The molecule has 0 aliphatic heterocycles. The van der Waals surface area contributed by atoms with E-state index in [1.165, 1.54) is 17.0 Å². The molecule has 0 atom stereocenters. The fourth-order valence-corrected chi connectivity index (χ4v) is 3.16. The van der Waals surface area contributed by atoms with Crippen molar-refractivity contribution in [3.05, 3.63) is 59.0 Å². The van der Waals surface area contributed by atoms with Crippen LogP contribution >= 0.6 is 11.3 Å². The van der Waals surface area contributed by atoms with E-state index >= 15 is 0 Å². The summed E-state index contributed by atoms with van der Waals surface area (Å²) in [6.45, 7) is 0.681. The molecule has 0 saturated carbocycles. The van der Waals surface area contributed by atoms with Gasteiger partial charge in [0.15, 0.2) is 0 Å². The first kappa shape index (κ1) is 15.6. The third-order valence-corrected chi connectivity index (χ3v) is 4.94. The Morgan fingerprint density at radius 1 is 1.13 bits per heavy atom. The predicted molar refractivity (Wildman–Crippen MR) is 90.5 cm³/mol. The number of sulfonamides is 1. The van der Waals surface area contributed by atoms with Gasteiger partial charge >= 0.3 is 0 Å². The number of nitrogens with zero attached hydrogens (tertiary/aromatic N) is 2. The normalized spacial score (nSPS) is 11.3. The lowest BCUT2D eigenvalue weighted by atomic mass is 10.2. The van der Waals surface area contributed by atoms with Crippen LogP contribution in [0.5, 0.6) is 0 Å². The molecule has 8 heteroatoms. The smallest absolute Gasteiger partial charge is 0.238 e. The maximum absolute atomic E-state index is 11.3. The molecule has 0 fully saturated rings. The molecule has 2 aromatic heterocycles. The molecule has 0 aliphatic carbocycles. The molecule has 2 heterocycles. The number of primary sulfonamides is 1. The van der Waals surface area contributed by atoms with E-state index < -0.39 is 10.0 Å². The average Bonchev–Trinajstić information content (AvgIpc) is 3.06. The average molecular weight is 346 g/mol. The minimum Gasteiger partial charge on any atom is -0.364 e. The molecule has 0 bridgehead atoms. The molecule has 0 unspecified atom stereocenters. The summed E-state index contributed by atoms with van der Waals surface area (Å²) in [6, 6.07) is 10.3. The summed E-state index contributed by atoms with van der Waals surface area (Å²) in [5, 5.41) is 10.3. The number of hydrogen-bond acceptors (Lipinski definition) is 6. The second kappa shape index (κ2) is 6.45. The summed E-state index contributed by atoms with van der Waals surface area (Å²) in [6.07, 6.45) is 3.28. The Hall–Kier alpha value is -2.29. The molecular weight excluding hydrogens is 332 g/mol. The minimum absolute atomic E-state index is 0.0705. The van der Waals surface area contributed by atoms with Gasteiger partial charge in [0.2, 0.25) is 10.0 Å². The molecule has 3 N–H and O–H groups in total. The third-order valence-electron chi connectivity index (χ3n) is 3.14. The summed E-state index contributed by atoms with van der Waals surface area (Å²) >= 11 is 1.67. The number of benzene rings is 1. The molecule has 0 aliphatic rings. The summed E-state index contributed by atoms with van der Waals surface area (Å²) in [7, 11) is -3.69. The predicted octanol–water partition coefficient (Wildman–Crippen LogP) is 2.46. The first-order valence-corrected chi connectivity index (χ1v) is 9.16. The standard InChI is InChI=1S/C15H14N4O2S2/c16-23(20,21)13-5-3-11(4-6-13)14-9-17-10-15(19-14)18-8-12-2-1-7-22-12/h1-7,9-10H,8H2,(H,18,19)(H2,16,20,21). The van der Waals surface area contributed by atoms with E-state index in [0.29, 0.717) is 18.1 Å². The van der Waals surface area contributed by atoms with Crippen LogP contribution in [0.3, 0.4) is 0 Å². The molecule has 6 nitrogen and oxygen atoms in total. The second-order valence-electron chi connectivity index (χ2n) is 4.79. The number of nitrogens with one attached hydrogen (secondary N) is 1. The van der Waals surface area contributed by atoms with E-state index in [-0.39, 0.29) is 4.90 Å². The molecule has 1 aromatic carbocycles. The van der Waals surface area contributed by atoms with Gasteiger partial charge in [-0.1, -0.05) is 18.2 Å². The Balaban J connectivity index is 1.79. The van der Waals surface area contributed by atoms with Crippen LogP contribution in [0.4, 0.5) is 5.82 Å². The highest BCUT2D eigenvalue weighted by atomic mass is 32.2. The number of hydrogen-bond donors (Lipinski definition) is 2. The fraction of sp³-hybridized carbons (Fsp3) is 0.0667. The summed E-state index contributed by atoms with van der Waals surface area (Å²) in [5.41, 5.74) is 1.42. The highest BCUT2D eigenvalue weighted by molar-refractivity contribution is 7.89. The van der Waals surface area contributed by atoms with E-state index in [1.807, 2.05) is 17.5 Å². The molecule has 0 spiro atoms. The van der Waals surface area contributed by atoms with Gasteiger partial charge in [-0.05, 0) is 23.6 Å². The van der Waals surface area contributed by atoms with Crippen molar-refractivity contribution in [3.63, 3.8) is 0 Å². The molecule has 0 radical (unpaired) electrons. The van der Waals surface area contributed by atoms with Crippen molar-refractivity contribution in [2.45, 2.75) is 11.4 Å². The highest BCUT2D eigenvalue weighted by Crippen LogP contribution is 2.20. The minimum atomic E-state index is -3.69. The molecule has 118 valence electrons. The molecule has 23 heavy (non-hydrogen) atoms. The molecule has 3 aromatic rings. The van der Waals surface area contributed by atoms with Gasteiger partial charge in [0.1, 0.15) is 5.82 Å². The Morgan fingerprint density at radius 3 is 2.57 bits per heavy atom. The van der Waals surface area contributed by atoms with Gasteiger partial charge in [-0.2, -0.15) is 0 Å². The largest absolute Gasteiger partial charge is 0.364 e. The highest BCUT2D eigenvalue weighted by Gasteiger charge is 2.08. The summed E-state index contributed by atoms with van der Waals surface area (Å²) in [4.78, 5) is 9.93. The van der Waals surface area contributed by atoms with Gasteiger partial charge in [-0.15, -0.1) is 11.3 Å². The van der Waals surface area contributed by atoms with E-state index in [9.17, 15) is 8.42 Å². The maximum atomic E-state index is 11.3. The molecule has 0 saturated heterocycles. The van der Waals surface area contributed by atoms with E-state index in [4.69, 9.17) is 5.14 Å². The van der Waals surface area contributed by atoms with E-state index in [2.05, 4.69) is 15.3 Å². The van der Waals surface area contributed by atoms with Crippen LogP contribution < -0.4 is 10.5 Å².